The van der Waals surface area contributed by atoms with Gasteiger partial charge in [-0.2, -0.15) is 13.2 Å². The van der Waals surface area contributed by atoms with E-state index < -0.39 is 11.7 Å². The van der Waals surface area contributed by atoms with Crippen LogP contribution >= 0.6 is 0 Å². The molecule has 3 rings (SSSR count). The zero-order chi connectivity index (χ0) is 20.3. The van der Waals surface area contributed by atoms with Gasteiger partial charge in [0.05, 0.1) is 11.1 Å². The summed E-state index contributed by atoms with van der Waals surface area (Å²) in [5.41, 5.74) is 2.47. The average molecular weight is 386 g/mol. The van der Waals surface area contributed by atoms with Crippen molar-refractivity contribution in [2.45, 2.75) is 20.0 Å². The molecule has 0 fully saturated rings. The smallest absolute Gasteiger partial charge is 0.324 e. The first kappa shape index (κ1) is 19.3. The Balaban J connectivity index is 1.69. The van der Waals surface area contributed by atoms with E-state index in [-0.39, 0.29) is 23.1 Å². The lowest BCUT2D eigenvalue weighted by molar-refractivity contribution is -0.137. The molecule has 0 atom stereocenters. The van der Waals surface area contributed by atoms with Crippen LogP contribution in [-0.2, 0) is 6.18 Å². The Morgan fingerprint density at radius 2 is 1.64 bits per heavy atom. The first-order valence-corrected chi connectivity index (χ1v) is 8.37. The van der Waals surface area contributed by atoms with Crippen molar-refractivity contribution < 1.29 is 18.0 Å². The van der Waals surface area contributed by atoms with Crippen LogP contribution in [0.5, 0.6) is 0 Å². The molecule has 144 valence electrons. The van der Waals surface area contributed by atoms with Crippen LogP contribution in [0.3, 0.4) is 0 Å². The average Bonchev–Trinajstić information content (AvgIpc) is 2.65. The molecule has 0 bridgehead atoms. The van der Waals surface area contributed by atoms with Gasteiger partial charge < -0.3 is 10.6 Å². The number of anilines is 3. The fraction of sp³-hybridized carbons (Fsp3) is 0.150. The summed E-state index contributed by atoms with van der Waals surface area (Å²) in [5.74, 6) is -0.295. The summed E-state index contributed by atoms with van der Waals surface area (Å²) in [6.45, 7) is 3.92. The summed E-state index contributed by atoms with van der Waals surface area (Å²) in [6, 6.07) is 10.3. The quantitative estimate of drug-likeness (QED) is 0.654. The lowest BCUT2D eigenvalue weighted by Gasteiger charge is -2.10. The molecule has 8 heteroatoms. The van der Waals surface area contributed by atoms with Crippen molar-refractivity contribution in [3.8, 4) is 0 Å². The van der Waals surface area contributed by atoms with E-state index in [1.54, 1.807) is 6.07 Å². The number of benzene rings is 2. The molecular weight excluding hydrogens is 369 g/mol. The Morgan fingerprint density at radius 3 is 2.29 bits per heavy atom. The molecule has 0 saturated heterocycles. The van der Waals surface area contributed by atoms with Gasteiger partial charge in [-0.15, -0.1) is 0 Å². The van der Waals surface area contributed by atoms with Crippen molar-refractivity contribution in [2.24, 2.45) is 0 Å². The van der Waals surface area contributed by atoms with Gasteiger partial charge in [0.25, 0.3) is 5.91 Å². The van der Waals surface area contributed by atoms with Crippen molar-refractivity contribution in [3.05, 3.63) is 77.1 Å². The molecule has 0 aliphatic carbocycles. The van der Waals surface area contributed by atoms with Gasteiger partial charge in [-0.1, -0.05) is 12.1 Å². The second kappa shape index (κ2) is 7.67. The van der Waals surface area contributed by atoms with Gasteiger partial charge in [-0.25, -0.2) is 9.97 Å². The minimum atomic E-state index is -4.44. The second-order valence-corrected chi connectivity index (χ2v) is 6.25. The highest BCUT2D eigenvalue weighted by Gasteiger charge is 2.30. The van der Waals surface area contributed by atoms with Crippen molar-refractivity contribution in [2.75, 3.05) is 10.6 Å². The van der Waals surface area contributed by atoms with Crippen LogP contribution in [0.4, 0.5) is 30.5 Å². The van der Waals surface area contributed by atoms with E-state index in [4.69, 9.17) is 0 Å². The fourth-order valence-corrected chi connectivity index (χ4v) is 2.43. The number of alkyl halides is 3. The van der Waals surface area contributed by atoms with E-state index in [0.29, 0.717) is 5.69 Å². The Kier molecular flexibility index (Phi) is 5.30. The number of carbonyl (C=O) groups excluding carboxylic acids is 1. The van der Waals surface area contributed by atoms with Gasteiger partial charge in [0.2, 0.25) is 5.95 Å². The third-order valence-corrected chi connectivity index (χ3v) is 4.12. The minimum absolute atomic E-state index is 0.0852. The second-order valence-electron chi connectivity index (χ2n) is 6.25. The zero-order valence-electron chi connectivity index (χ0n) is 15.1. The first-order valence-electron chi connectivity index (χ1n) is 8.37. The topological polar surface area (TPSA) is 66.9 Å². The third kappa shape index (κ3) is 4.64. The van der Waals surface area contributed by atoms with E-state index in [9.17, 15) is 18.0 Å². The number of nitrogens with zero attached hydrogens (tertiary/aromatic N) is 2. The molecule has 28 heavy (non-hydrogen) atoms. The van der Waals surface area contributed by atoms with Crippen molar-refractivity contribution in [1.29, 1.82) is 0 Å². The first-order chi connectivity index (χ1) is 13.2. The summed E-state index contributed by atoms with van der Waals surface area (Å²) < 4.78 is 38.3. The number of hydrogen-bond donors (Lipinski definition) is 2. The van der Waals surface area contributed by atoms with E-state index in [2.05, 4.69) is 20.6 Å². The van der Waals surface area contributed by atoms with Crippen LogP contribution in [0, 0.1) is 13.8 Å². The highest BCUT2D eigenvalue weighted by Crippen LogP contribution is 2.31. The van der Waals surface area contributed by atoms with Crippen molar-refractivity contribution in [3.63, 3.8) is 0 Å². The maximum absolute atomic E-state index is 12.8. The molecule has 0 aliphatic heterocycles. The SMILES string of the molecule is Cc1ccc(NC(=O)c2cnc(Nc3cccc(C(F)(F)F)c3)nc2)cc1C. The molecule has 5 nitrogen and oxygen atoms in total. The van der Waals surface area contributed by atoms with Gasteiger partial charge in [-0.05, 0) is 55.3 Å². The van der Waals surface area contributed by atoms with Crippen LogP contribution in [0.15, 0.2) is 54.9 Å². The van der Waals surface area contributed by atoms with Crippen LogP contribution in [-0.4, -0.2) is 15.9 Å². The van der Waals surface area contributed by atoms with Crippen LogP contribution in [0.1, 0.15) is 27.0 Å². The standard InChI is InChI=1S/C20H17F3N4O/c1-12-6-7-17(8-13(12)2)26-18(28)14-10-24-19(25-11-14)27-16-5-3-4-15(9-16)20(21,22)23/h3-11H,1-2H3,(H,26,28)(H,24,25,27). The number of hydrogen-bond acceptors (Lipinski definition) is 4. The van der Waals surface area contributed by atoms with Crippen molar-refractivity contribution >= 4 is 23.2 Å². The van der Waals surface area contributed by atoms with E-state index in [1.807, 2.05) is 26.0 Å². The van der Waals surface area contributed by atoms with Crippen LogP contribution in [0.25, 0.3) is 0 Å². The molecule has 2 N–H and O–H groups in total. The maximum atomic E-state index is 12.8. The van der Waals surface area contributed by atoms with Crippen LogP contribution < -0.4 is 10.6 Å². The predicted molar refractivity (Wildman–Crippen MR) is 101 cm³/mol. The predicted octanol–water partition coefficient (Wildman–Crippen LogP) is 5.11. The Bertz CT molecular complexity index is 1000. The largest absolute Gasteiger partial charge is 0.416 e. The van der Waals surface area contributed by atoms with E-state index in [1.165, 1.54) is 24.5 Å². The highest BCUT2D eigenvalue weighted by molar-refractivity contribution is 6.03. The normalized spacial score (nSPS) is 11.2. The minimum Gasteiger partial charge on any atom is -0.324 e. The summed E-state index contributed by atoms with van der Waals surface area (Å²) >= 11 is 0. The molecule has 0 saturated carbocycles. The Hall–Kier alpha value is -3.42. The molecule has 0 aliphatic rings. The van der Waals surface area contributed by atoms with Crippen molar-refractivity contribution in [1.82, 2.24) is 9.97 Å². The summed E-state index contributed by atoms with van der Waals surface area (Å²) in [7, 11) is 0. The number of aromatic nitrogens is 2. The van der Waals surface area contributed by atoms with Gasteiger partial charge in [-0.3, -0.25) is 4.79 Å². The highest BCUT2D eigenvalue weighted by atomic mass is 19.4. The Labute approximate surface area is 159 Å². The lowest BCUT2D eigenvalue weighted by Crippen LogP contribution is -2.13. The number of aryl methyl sites for hydroxylation is 2. The monoisotopic (exact) mass is 386 g/mol. The number of amides is 1. The summed E-state index contributed by atoms with van der Waals surface area (Å²) in [4.78, 5) is 20.3. The maximum Gasteiger partial charge on any atom is 0.416 e. The third-order valence-electron chi connectivity index (χ3n) is 4.12. The molecule has 0 unspecified atom stereocenters. The fourth-order valence-electron chi connectivity index (χ4n) is 2.43. The lowest BCUT2D eigenvalue weighted by atomic mass is 10.1. The zero-order valence-corrected chi connectivity index (χ0v) is 15.1. The van der Waals surface area contributed by atoms with Crippen LogP contribution in [0.2, 0.25) is 0 Å². The summed E-state index contributed by atoms with van der Waals surface area (Å²) in [5, 5.41) is 5.45. The van der Waals surface area contributed by atoms with Gasteiger partial charge in [0.15, 0.2) is 0 Å². The molecule has 0 spiro atoms. The number of carbonyl (C=O) groups is 1. The molecule has 1 amide bonds. The number of rotatable bonds is 4. The molecule has 3 aromatic rings. The number of halogens is 3. The number of nitrogens with one attached hydrogen (secondary N) is 2. The molecule has 0 radical (unpaired) electrons. The molecule has 2 aromatic carbocycles. The van der Waals surface area contributed by atoms with Gasteiger partial charge >= 0.3 is 6.18 Å². The molecule has 1 aromatic heterocycles. The summed E-state index contributed by atoms with van der Waals surface area (Å²) in [6.07, 6.45) is -1.83. The Morgan fingerprint density at radius 1 is 0.929 bits per heavy atom. The molecular formula is C20H17F3N4O. The van der Waals surface area contributed by atoms with Gasteiger partial charge in [0, 0.05) is 23.8 Å². The van der Waals surface area contributed by atoms with Gasteiger partial charge in [0.1, 0.15) is 0 Å². The van der Waals surface area contributed by atoms with E-state index >= 15 is 0 Å². The van der Waals surface area contributed by atoms with E-state index in [0.717, 1.165) is 23.3 Å². The molecule has 1 heterocycles.